The molecule has 0 radical (unpaired) electrons. The van der Waals surface area contributed by atoms with Gasteiger partial charge in [0.25, 0.3) is 0 Å². The van der Waals surface area contributed by atoms with Crippen molar-refractivity contribution in [2.45, 2.75) is 64.8 Å². The van der Waals surface area contributed by atoms with Crippen molar-refractivity contribution in [3.05, 3.63) is 0 Å². The van der Waals surface area contributed by atoms with Crippen LogP contribution in [0.2, 0.25) is 0 Å². The summed E-state index contributed by atoms with van der Waals surface area (Å²) in [6.45, 7) is 4.78. The van der Waals surface area contributed by atoms with E-state index in [4.69, 9.17) is 10.8 Å². The number of nitrogens with two attached hydrogens (primary N) is 1. The van der Waals surface area contributed by atoms with Gasteiger partial charge in [-0.05, 0) is 32.1 Å². The van der Waals surface area contributed by atoms with Crippen molar-refractivity contribution in [3.63, 3.8) is 0 Å². The van der Waals surface area contributed by atoms with E-state index >= 15 is 0 Å². The summed E-state index contributed by atoms with van der Waals surface area (Å²) >= 11 is 0. The van der Waals surface area contributed by atoms with Gasteiger partial charge < -0.3 is 16.2 Å². The number of carboxylic acids is 1. The maximum Gasteiger partial charge on any atom is 0.320 e. The van der Waals surface area contributed by atoms with Crippen LogP contribution >= 0.6 is 0 Å². The van der Waals surface area contributed by atoms with E-state index in [0.29, 0.717) is 13.0 Å². The van der Waals surface area contributed by atoms with Crippen LogP contribution in [0.25, 0.3) is 0 Å². The zero-order valence-corrected chi connectivity index (χ0v) is 12.2. The van der Waals surface area contributed by atoms with Crippen LogP contribution < -0.4 is 11.1 Å². The van der Waals surface area contributed by atoms with E-state index in [9.17, 15) is 9.59 Å². The van der Waals surface area contributed by atoms with Crippen molar-refractivity contribution in [2.75, 3.05) is 6.54 Å². The highest BCUT2D eigenvalue weighted by molar-refractivity contribution is 5.78. The molecule has 0 aromatic carbocycles. The minimum Gasteiger partial charge on any atom is -0.480 e. The number of carbonyl (C=O) groups excluding carboxylic acids is 1. The van der Waals surface area contributed by atoms with E-state index in [1.54, 1.807) is 0 Å². The van der Waals surface area contributed by atoms with E-state index in [1.165, 1.54) is 0 Å². The second kappa shape index (κ2) is 10.8. The van der Waals surface area contributed by atoms with Crippen molar-refractivity contribution < 1.29 is 14.7 Å². The summed E-state index contributed by atoms with van der Waals surface area (Å²) in [5.74, 6) is -0.711. The average molecular weight is 272 g/mol. The fourth-order valence-electron chi connectivity index (χ4n) is 2.07. The van der Waals surface area contributed by atoms with Gasteiger partial charge in [0.1, 0.15) is 6.04 Å². The second-order valence-electron chi connectivity index (χ2n) is 5.01. The molecule has 1 amide bonds. The molecule has 0 fully saturated rings. The predicted molar refractivity (Wildman–Crippen MR) is 75.8 cm³/mol. The van der Waals surface area contributed by atoms with E-state index in [-0.39, 0.29) is 11.8 Å². The summed E-state index contributed by atoms with van der Waals surface area (Å²) in [5.41, 5.74) is 5.40. The fourth-order valence-corrected chi connectivity index (χ4v) is 2.07. The number of amides is 1. The SMILES string of the molecule is CCCC(CCC)C(=O)NCCCCC(N)C(=O)O. The van der Waals surface area contributed by atoms with Crippen LogP contribution in [0.5, 0.6) is 0 Å². The van der Waals surface area contributed by atoms with E-state index < -0.39 is 12.0 Å². The molecule has 0 aliphatic rings. The number of hydrogen-bond donors (Lipinski definition) is 3. The van der Waals surface area contributed by atoms with Gasteiger partial charge in [-0.25, -0.2) is 0 Å². The van der Waals surface area contributed by atoms with Gasteiger partial charge >= 0.3 is 5.97 Å². The highest BCUT2D eigenvalue weighted by Crippen LogP contribution is 2.13. The lowest BCUT2D eigenvalue weighted by molar-refractivity contribution is -0.138. The topological polar surface area (TPSA) is 92.4 Å². The highest BCUT2D eigenvalue weighted by Gasteiger charge is 2.16. The Morgan fingerprint density at radius 3 is 2.16 bits per heavy atom. The lowest BCUT2D eigenvalue weighted by Crippen LogP contribution is -2.32. The quantitative estimate of drug-likeness (QED) is 0.501. The smallest absolute Gasteiger partial charge is 0.320 e. The molecular formula is C14H28N2O3. The van der Waals surface area contributed by atoms with Gasteiger partial charge in [0, 0.05) is 12.5 Å². The van der Waals surface area contributed by atoms with Gasteiger partial charge in [-0.1, -0.05) is 26.7 Å². The Bertz CT molecular complexity index is 263. The molecule has 19 heavy (non-hydrogen) atoms. The Hall–Kier alpha value is -1.10. The Morgan fingerprint density at radius 1 is 1.11 bits per heavy atom. The van der Waals surface area contributed by atoms with Crippen LogP contribution in [-0.2, 0) is 9.59 Å². The van der Waals surface area contributed by atoms with Gasteiger partial charge in [-0.2, -0.15) is 0 Å². The lowest BCUT2D eigenvalue weighted by Gasteiger charge is -2.15. The highest BCUT2D eigenvalue weighted by atomic mass is 16.4. The standard InChI is InChI=1S/C14H28N2O3/c1-3-7-11(8-4-2)13(17)16-10-6-5-9-12(15)14(18)19/h11-12H,3-10,15H2,1-2H3,(H,16,17)(H,18,19). The molecule has 5 nitrogen and oxygen atoms in total. The number of unbranched alkanes of at least 4 members (excludes halogenated alkanes) is 1. The second-order valence-corrected chi connectivity index (χ2v) is 5.01. The molecule has 0 bridgehead atoms. The first-order valence-electron chi connectivity index (χ1n) is 7.29. The number of nitrogens with one attached hydrogen (secondary N) is 1. The third kappa shape index (κ3) is 8.59. The Balaban J connectivity index is 3.74. The van der Waals surface area contributed by atoms with Gasteiger partial charge in [-0.15, -0.1) is 0 Å². The zero-order chi connectivity index (χ0) is 14.7. The van der Waals surface area contributed by atoms with Crippen LogP contribution in [0, 0.1) is 5.92 Å². The monoisotopic (exact) mass is 272 g/mol. The van der Waals surface area contributed by atoms with Crippen molar-refractivity contribution in [1.29, 1.82) is 0 Å². The van der Waals surface area contributed by atoms with Gasteiger partial charge in [-0.3, -0.25) is 9.59 Å². The predicted octanol–water partition coefficient (Wildman–Crippen LogP) is 1.90. The number of carboxylic acid groups (broad SMARTS) is 1. The molecule has 0 aromatic heterocycles. The molecular weight excluding hydrogens is 244 g/mol. The van der Waals surface area contributed by atoms with Gasteiger partial charge in [0.05, 0.1) is 0 Å². The lowest BCUT2D eigenvalue weighted by atomic mass is 9.97. The summed E-state index contributed by atoms with van der Waals surface area (Å²) in [6, 6.07) is -0.788. The first kappa shape index (κ1) is 17.9. The molecule has 0 spiro atoms. The third-order valence-corrected chi connectivity index (χ3v) is 3.20. The summed E-state index contributed by atoms with van der Waals surface area (Å²) in [5, 5.41) is 11.6. The first-order chi connectivity index (χ1) is 9.02. The van der Waals surface area contributed by atoms with Crippen LogP contribution in [0.3, 0.4) is 0 Å². The van der Waals surface area contributed by atoms with Crippen molar-refractivity contribution in [2.24, 2.45) is 11.7 Å². The fraction of sp³-hybridized carbons (Fsp3) is 0.857. The number of aliphatic carboxylic acids is 1. The first-order valence-corrected chi connectivity index (χ1v) is 7.29. The van der Waals surface area contributed by atoms with Crippen molar-refractivity contribution in [3.8, 4) is 0 Å². The largest absolute Gasteiger partial charge is 0.480 e. The molecule has 4 N–H and O–H groups in total. The molecule has 0 saturated heterocycles. The molecule has 1 atom stereocenters. The van der Waals surface area contributed by atoms with Crippen LogP contribution in [-0.4, -0.2) is 29.6 Å². The van der Waals surface area contributed by atoms with Crippen molar-refractivity contribution >= 4 is 11.9 Å². The van der Waals surface area contributed by atoms with E-state index in [0.717, 1.165) is 38.5 Å². The molecule has 0 aromatic rings. The zero-order valence-electron chi connectivity index (χ0n) is 12.2. The molecule has 0 aliphatic carbocycles. The molecule has 112 valence electrons. The third-order valence-electron chi connectivity index (χ3n) is 3.20. The molecule has 5 heteroatoms. The van der Waals surface area contributed by atoms with Crippen LogP contribution in [0.1, 0.15) is 58.8 Å². The average Bonchev–Trinajstić information content (AvgIpc) is 2.37. The normalized spacial score (nSPS) is 12.4. The Kier molecular flexibility index (Phi) is 10.2. The van der Waals surface area contributed by atoms with Gasteiger partial charge in [0.2, 0.25) is 5.91 Å². The molecule has 0 aliphatic heterocycles. The minimum absolute atomic E-state index is 0.122. The van der Waals surface area contributed by atoms with E-state index in [2.05, 4.69) is 19.2 Å². The molecule has 0 saturated carbocycles. The van der Waals surface area contributed by atoms with Gasteiger partial charge in [0.15, 0.2) is 0 Å². The summed E-state index contributed by atoms with van der Waals surface area (Å²) in [4.78, 5) is 22.4. The summed E-state index contributed by atoms with van der Waals surface area (Å²) in [6.07, 6.45) is 5.86. The minimum atomic E-state index is -0.963. The Morgan fingerprint density at radius 2 is 1.68 bits per heavy atom. The number of carbonyl (C=O) groups is 2. The Labute approximate surface area is 115 Å². The molecule has 0 rings (SSSR count). The van der Waals surface area contributed by atoms with Crippen molar-refractivity contribution in [1.82, 2.24) is 5.32 Å². The maximum absolute atomic E-state index is 11.9. The maximum atomic E-state index is 11.9. The van der Waals surface area contributed by atoms with E-state index in [1.807, 2.05) is 0 Å². The summed E-state index contributed by atoms with van der Waals surface area (Å²) in [7, 11) is 0. The number of rotatable bonds is 11. The van der Waals surface area contributed by atoms with Crippen LogP contribution in [0.4, 0.5) is 0 Å². The molecule has 0 heterocycles. The molecule has 1 unspecified atom stereocenters. The number of hydrogen-bond acceptors (Lipinski definition) is 3. The van der Waals surface area contributed by atoms with Crippen LogP contribution in [0.15, 0.2) is 0 Å². The summed E-state index contributed by atoms with van der Waals surface area (Å²) < 4.78 is 0.